The first kappa shape index (κ1) is 14.4. The molecule has 0 atom stereocenters. The minimum absolute atomic E-state index is 0.579. The molecule has 0 fully saturated rings. The SMILES string of the molecule is CCNc1cccc(NCc2ccc(C(C)C)cc2)n1. The number of nitrogens with one attached hydrogen (secondary N) is 2. The third kappa shape index (κ3) is 3.98. The summed E-state index contributed by atoms with van der Waals surface area (Å²) in [6.45, 7) is 8.17. The molecule has 0 saturated heterocycles. The number of hydrogen-bond donors (Lipinski definition) is 2. The molecule has 0 spiro atoms. The van der Waals surface area contributed by atoms with Crippen LogP contribution in [0.5, 0.6) is 0 Å². The van der Waals surface area contributed by atoms with Crippen molar-refractivity contribution in [2.45, 2.75) is 33.2 Å². The fourth-order valence-electron chi connectivity index (χ4n) is 2.03. The van der Waals surface area contributed by atoms with Gasteiger partial charge in [-0.3, -0.25) is 0 Å². The number of benzene rings is 1. The molecule has 2 N–H and O–H groups in total. The largest absolute Gasteiger partial charge is 0.370 e. The van der Waals surface area contributed by atoms with Gasteiger partial charge in [0.25, 0.3) is 0 Å². The van der Waals surface area contributed by atoms with Gasteiger partial charge >= 0.3 is 0 Å². The van der Waals surface area contributed by atoms with Crippen LogP contribution in [-0.4, -0.2) is 11.5 Å². The highest BCUT2D eigenvalue weighted by atomic mass is 15.1. The Balaban J connectivity index is 1.96. The third-order valence-corrected chi connectivity index (χ3v) is 3.23. The third-order valence-electron chi connectivity index (χ3n) is 3.23. The zero-order chi connectivity index (χ0) is 14.4. The summed E-state index contributed by atoms with van der Waals surface area (Å²) < 4.78 is 0. The standard InChI is InChI=1S/C17H23N3/c1-4-18-16-6-5-7-17(20-16)19-12-14-8-10-15(11-9-14)13(2)3/h5-11,13H,4,12H2,1-3H3,(H2,18,19,20). The Hall–Kier alpha value is -2.03. The molecular weight excluding hydrogens is 246 g/mol. The van der Waals surface area contributed by atoms with Gasteiger partial charge in [0.2, 0.25) is 0 Å². The summed E-state index contributed by atoms with van der Waals surface area (Å²) in [6, 6.07) is 14.7. The summed E-state index contributed by atoms with van der Waals surface area (Å²) in [6.07, 6.45) is 0. The summed E-state index contributed by atoms with van der Waals surface area (Å²) in [7, 11) is 0. The zero-order valence-corrected chi connectivity index (χ0v) is 12.5. The maximum atomic E-state index is 4.50. The first-order chi connectivity index (χ1) is 9.69. The Morgan fingerprint density at radius 2 is 1.60 bits per heavy atom. The Morgan fingerprint density at radius 3 is 2.20 bits per heavy atom. The predicted molar refractivity (Wildman–Crippen MR) is 86.3 cm³/mol. The normalized spacial score (nSPS) is 10.6. The van der Waals surface area contributed by atoms with E-state index in [0.717, 1.165) is 24.7 Å². The second-order valence-electron chi connectivity index (χ2n) is 5.19. The van der Waals surface area contributed by atoms with Gasteiger partial charge in [-0.2, -0.15) is 0 Å². The fourth-order valence-corrected chi connectivity index (χ4v) is 2.03. The molecule has 0 aliphatic heterocycles. The van der Waals surface area contributed by atoms with Gasteiger partial charge in [0.05, 0.1) is 0 Å². The van der Waals surface area contributed by atoms with Crippen molar-refractivity contribution in [3.05, 3.63) is 53.6 Å². The van der Waals surface area contributed by atoms with Crippen LogP contribution in [0.4, 0.5) is 11.6 Å². The minimum Gasteiger partial charge on any atom is -0.370 e. The monoisotopic (exact) mass is 269 g/mol. The van der Waals surface area contributed by atoms with E-state index in [4.69, 9.17) is 0 Å². The summed E-state index contributed by atoms with van der Waals surface area (Å²) in [5.74, 6) is 2.39. The van der Waals surface area contributed by atoms with Gasteiger partial charge in [0.15, 0.2) is 0 Å². The van der Waals surface area contributed by atoms with Gasteiger partial charge in [-0.25, -0.2) is 4.98 Å². The second kappa shape index (κ2) is 6.94. The molecule has 0 aliphatic carbocycles. The van der Waals surface area contributed by atoms with Crippen LogP contribution in [0.3, 0.4) is 0 Å². The molecule has 106 valence electrons. The van der Waals surface area contributed by atoms with E-state index in [0.29, 0.717) is 5.92 Å². The molecule has 0 unspecified atom stereocenters. The maximum Gasteiger partial charge on any atom is 0.128 e. The van der Waals surface area contributed by atoms with Crippen LogP contribution in [0.25, 0.3) is 0 Å². The van der Waals surface area contributed by atoms with Crippen molar-refractivity contribution < 1.29 is 0 Å². The molecule has 0 bridgehead atoms. The van der Waals surface area contributed by atoms with Gasteiger partial charge in [0, 0.05) is 13.1 Å². The number of aromatic nitrogens is 1. The lowest BCUT2D eigenvalue weighted by Gasteiger charge is -2.10. The average Bonchev–Trinajstić information content (AvgIpc) is 2.46. The Kier molecular flexibility index (Phi) is 4.99. The van der Waals surface area contributed by atoms with Crippen LogP contribution < -0.4 is 10.6 Å². The van der Waals surface area contributed by atoms with Crippen molar-refractivity contribution in [2.24, 2.45) is 0 Å². The van der Waals surface area contributed by atoms with Crippen LogP contribution in [0.1, 0.15) is 37.8 Å². The quantitative estimate of drug-likeness (QED) is 0.823. The second-order valence-corrected chi connectivity index (χ2v) is 5.19. The molecule has 0 radical (unpaired) electrons. The Morgan fingerprint density at radius 1 is 0.950 bits per heavy atom. The van der Waals surface area contributed by atoms with Crippen LogP contribution >= 0.6 is 0 Å². The van der Waals surface area contributed by atoms with Crippen molar-refractivity contribution in [3.8, 4) is 0 Å². The molecule has 1 aromatic carbocycles. The lowest BCUT2D eigenvalue weighted by molar-refractivity contribution is 0.865. The van der Waals surface area contributed by atoms with E-state index in [9.17, 15) is 0 Å². The number of nitrogens with zero attached hydrogens (tertiary/aromatic N) is 1. The van der Waals surface area contributed by atoms with E-state index in [1.807, 2.05) is 18.2 Å². The van der Waals surface area contributed by atoms with Crippen molar-refractivity contribution in [3.63, 3.8) is 0 Å². The summed E-state index contributed by atoms with van der Waals surface area (Å²) in [4.78, 5) is 4.50. The first-order valence-electron chi connectivity index (χ1n) is 7.22. The summed E-state index contributed by atoms with van der Waals surface area (Å²) >= 11 is 0. The Labute approximate surface area is 121 Å². The van der Waals surface area contributed by atoms with E-state index in [-0.39, 0.29) is 0 Å². The van der Waals surface area contributed by atoms with Gasteiger partial charge in [0.1, 0.15) is 11.6 Å². The van der Waals surface area contributed by atoms with Crippen molar-refractivity contribution in [1.82, 2.24) is 4.98 Å². The first-order valence-corrected chi connectivity index (χ1v) is 7.22. The molecule has 20 heavy (non-hydrogen) atoms. The molecule has 2 rings (SSSR count). The number of hydrogen-bond acceptors (Lipinski definition) is 3. The molecule has 2 aromatic rings. The molecule has 3 heteroatoms. The Bertz CT molecular complexity index is 532. The fraction of sp³-hybridized carbons (Fsp3) is 0.353. The number of pyridine rings is 1. The van der Waals surface area contributed by atoms with Crippen molar-refractivity contribution >= 4 is 11.6 Å². The van der Waals surface area contributed by atoms with Crippen molar-refractivity contribution in [1.29, 1.82) is 0 Å². The van der Waals surface area contributed by atoms with Crippen molar-refractivity contribution in [2.75, 3.05) is 17.2 Å². The number of rotatable bonds is 6. The minimum atomic E-state index is 0.579. The topological polar surface area (TPSA) is 37.0 Å². The average molecular weight is 269 g/mol. The highest BCUT2D eigenvalue weighted by Gasteiger charge is 2.00. The van der Waals surface area contributed by atoms with Gasteiger partial charge in [-0.1, -0.05) is 44.2 Å². The molecular formula is C17H23N3. The van der Waals surface area contributed by atoms with Crippen LogP contribution in [0.15, 0.2) is 42.5 Å². The molecule has 3 nitrogen and oxygen atoms in total. The smallest absolute Gasteiger partial charge is 0.128 e. The van der Waals surface area contributed by atoms with Gasteiger partial charge in [-0.15, -0.1) is 0 Å². The van der Waals surface area contributed by atoms with E-state index in [2.05, 4.69) is 60.7 Å². The molecule has 0 amide bonds. The van der Waals surface area contributed by atoms with E-state index < -0.39 is 0 Å². The maximum absolute atomic E-state index is 4.50. The van der Waals surface area contributed by atoms with Gasteiger partial charge in [-0.05, 0) is 36.1 Å². The molecule has 1 aromatic heterocycles. The van der Waals surface area contributed by atoms with E-state index in [1.54, 1.807) is 0 Å². The summed E-state index contributed by atoms with van der Waals surface area (Å²) in [5, 5.41) is 6.57. The molecule has 1 heterocycles. The predicted octanol–water partition coefficient (Wildman–Crippen LogP) is 4.25. The highest BCUT2D eigenvalue weighted by Crippen LogP contribution is 2.16. The van der Waals surface area contributed by atoms with Crippen LogP contribution in [-0.2, 0) is 6.54 Å². The molecule has 0 saturated carbocycles. The van der Waals surface area contributed by atoms with E-state index in [1.165, 1.54) is 11.1 Å². The molecule has 0 aliphatic rings. The van der Waals surface area contributed by atoms with Gasteiger partial charge < -0.3 is 10.6 Å². The zero-order valence-electron chi connectivity index (χ0n) is 12.5. The lowest BCUT2D eigenvalue weighted by Crippen LogP contribution is -2.04. The number of anilines is 2. The lowest BCUT2D eigenvalue weighted by atomic mass is 10.0. The van der Waals surface area contributed by atoms with Crippen LogP contribution in [0, 0.1) is 0 Å². The summed E-state index contributed by atoms with van der Waals surface area (Å²) in [5.41, 5.74) is 2.64. The highest BCUT2D eigenvalue weighted by molar-refractivity contribution is 5.45. The van der Waals surface area contributed by atoms with Crippen LogP contribution in [0.2, 0.25) is 0 Å². The van der Waals surface area contributed by atoms with E-state index >= 15 is 0 Å².